The lowest BCUT2D eigenvalue weighted by Crippen LogP contribution is -2.32. The molecular formula is C14H24BNO. The van der Waals surface area contributed by atoms with Crippen LogP contribution >= 0.6 is 0 Å². The Morgan fingerprint density at radius 1 is 1.24 bits per heavy atom. The van der Waals surface area contributed by atoms with Crippen molar-refractivity contribution in [1.82, 2.24) is 0 Å². The van der Waals surface area contributed by atoms with E-state index in [9.17, 15) is 5.26 Å². The van der Waals surface area contributed by atoms with Crippen LogP contribution in [0.5, 0.6) is 0 Å². The quantitative estimate of drug-likeness (QED) is 0.552. The van der Waals surface area contributed by atoms with E-state index < -0.39 is 5.41 Å². The fourth-order valence-electron chi connectivity index (χ4n) is 0.898. The zero-order chi connectivity index (χ0) is 13.7. The Hall–Kier alpha value is -1.09. The molecular weight excluding hydrogens is 209 g/mol. The summed E-state index contributed by atoms with van der Waals surface area (Å²) >= 11 is 0. The van der Waals surface area contributed by atoms with Crippen molar-refractivity contribution in [2.45, 2.75) is 46.9 Å². The molecule has 0 N–H and O–H groups in total. The Bertz CT molecular complexity index is 340. The van der Waals surface area contributed by atoms with Crippen molar-refractivity contribution in [3.63, 3.8) is 0 Å². The minimum absolute atomic E-state index is 0.118. The maximum atomic E-state index is 9.24. The normalized spacial score (nSPS) is 16.4. The maximum absolute atomic E-state index is 9.24. The van der Waals surface area contributed by atoms with Crippen LogP contribution in [-0.2, 0) is 4.74 Å². The lowest BCUT2D eigenvalue weighted by Gasteiger charge is -2.34. The minimum atomic E-state index is -0.511. The number of hydrogen-bond acceptors (Lipinski definition) is 2. The molecule has 0 aliphatic heterocycles. The van der Waals surface area contributed by atoms with Gasteiger partial charge in [-0.25, -0.2) is 0 Å². The van der Waals surface area contributed by atoms with Gasteiger partial charge in [0, 0.05) is 5.92 Å². The second-order valence-corrected chi connectivity index (χ2v) is 6.26. The second-order valence-electron chi connectivity index (χ2n) is 6.26. The Morgan fingerprint density at radius 2 is 1.76 bits per heavy atom. The molecule has 2 nitrogen and oxygen atoms in total. The summed E-state index contributed by atoms with van der Waals surface area (Å²) < 4.78 is 5.35. The molecule has 0 aliphatic rings. The number of ether oxygens (including phenoxy) is 1. The van der Waals surface area contributed by atoms with Gasteiger partial charge in [-0.2, -0.15) is 5.26 Å². The third kappa shape index (κ3) is 4.74. The van der Waals surface area contributed by atoms with Crippen LogP contribution in [0.15, 0.2) is 0 Å². The van der Waals surface area contributed by atoms with E-state index in [4.69, 9.17) is 4.74 Å². The van der Waals surface area contributed by atoms with Gasteiger partial charge in [0.1, 0.15) is 20.6 Å². The van der Waals surface area contributed by atoms with Crippen molar-refractivity contribution in [2.24, 2.45) is 17.3 Å². The lowest BCUT2D eigenvalue weighted by molar-refractivity contribution is 0.149. The van der Waals surface area contributed by atoms with Gasteiger partial charge in [0.2, 0.25) is 0 Å². The Morgan fingerprint density at radius 3 is 2.12 bits per heavy atom. The highest BCUT2D eigenvalue weighted by atomic mass is 16.5. The summed E-state index contributed by atoms with van der Waals surface area (Å²) in [6.45, 7) is 12.7. The average molecular weight is 233 g/mol. The molecule has 0 bridgehead atoms. The predicted octanol–water partition coefficient (Wildman–Crippen LogP) is 2.62. The fraction of sp³-hybridized carbons (Fsp3) is 0.786. The molecule has 0 aromatic heterocycles. The first kappa shape index (κ1) is 15.9. The topological polar surface area (TPSA) is 33.0 Å². The van der Waals surface area contributed by atoms with Crippen LogP contribution in [-0.4, -0.2) is 14.5 Å². The molecule has 0 rings (SSSR count). The van der Waals surface area contributed by atoms with Crippen LogP contribution < -0.4 is 0 Å². The van der Waals surface area contributed by atoms with E-state index in [0.717, 1.165) is 0 Å². The number of nitriles is 1. The zero-order valence-electron chi connectivity index (χ0n) is 12.2. The molecule has 0 heterocycles. The van der Waals surface area contributed by atoms with E-state index in [2.05, 4.69) is 38.9 Å². The van der Waals surface area contributed by atoms with Crippen molar-refractivity contribution in [2.75, 3.05) is 6.61 Å². The van der Waals surface area contributed by atoms with E-state index in [1.54, 1.807) is 0 Å². The zero-order valence-corrected chi connectivity index (χ0v) is 12.2. The highest BCUT2D eigenvalue weighted by Gasteiger charge is 2.38. The molecule has 0 radical (unpaired) electrons. The van der Waals surface area contributed by atoms with Gasteiger partial charge in [0.25, 0.3) is 0 Å². The largest absolute Gasteiger partial charge is 0.445 e. The van der Waals surface area contributed by atoms with Gasteiger partial charge in [0.15, 0.2) is 0 Å². The third-order valence-corrected chi connectivity index (χ3v) is 3.62. The van der Waals surface area contributed by atoms with Crippen LogP contribution in [0, 0.1) is 40.6 Å². The SMILES string of the molecule is BC(C)(C)C(C)(C#N)COC#CC(C)C(C)C. The molecule has 0 amide bonds. The molecule has 0 aromatic carbocycles. The van der Waals surface area contributed by atoms with E-state index >= 15 is 0 Å². The van der Waals surface area contributed by atoms with Crippen LogP contribution in [0.3, 0.4) is 0 Å². The van der Waals surface area contributed by atoms with E-state index in [1.165, 1.54) is 0 Å². The van der Waals surface area contributed by atoms with Crippen molar-refractivity contribution in [1.29, 1.82) is 5.26 Å². The van der Waals surface area contributed by atoms with Gasteiger partial charge in [-0.05, 0) is 18.2 Å². The van der Waals surface area contributed by atoms with E-state index in [0.29, 0.717) is 18.4 Å². The molecule has 0 spiro atoms. The molecule has 3 heteroatoms. The summed E-state index contributed by atoms with van der Waals surface area (Å²) in [6, 6.07) is 2.34. The van der Waals surface area contributed by atoms with Gasteiger partial charge in [-0.3, -0.25) is 0 Å². The van der Waals surface area contributed by atoms with Crippen molar-refractivity contribution >= 4 is 7.85 Å². The van der Waals surface area contributed by atoms with Gasteiger partial charge in [0.05, 0.1) is 11.5 Å². The van der Waals surface area contributed by atoms with Crippen molar-refractivity contribution < 1.29 is 4.74 Å². The molecule has 0 saturated carbocycles. The summed E-state index contributed by atoms with van der Waals surface area (Å²) in [7, 11) is 2.05. The Labute approximate surface area is 107 Å². The highest BCUT2D eigenvalue weighted by molar-refractivity contribution is 6.15. The second kappa shape index (κ2) is 6.01. The summed E-state index contributed by atoms with van der Waals surface area (Å²) in [5.74, 6) is 3.89. The molecule has 0 aromatic rings. The number of rotatable bonds is 4. The minimum Gasteiger partial charge on any atom is -0.445 e. The summed E-state index contributed by atoms with van der Waals surface area (Å²) in [5.41, 5.74) is -0.511. The molecule has 0 aliphatic carbocycles. The molecule has 17 heavy (non-hydrogen) atoms. The lowest BCUT2D eigenvalue weighted by atomic mass is 9.56. The first-order chi connectivity index (χ1) is 7.64. The number of hydrogen-bond donors (Lipinski definition) is 0. The van der Waals surface area contributed by atoms with Crippen molar-refractivity contribution in [3.8, 4) is 18.1 Å². The predicted molar refractivity (Wildman–Crippen MR) is 74.0 cm³/mol. The Kier molecular flexibility index (Phi) is 5.63. The molecule has 94 valence electrons. The standard InChI is InChI=1S/C14H24BNO/c1-11(2)12(3)7-8-17-10-14(6,9-16)13(4,5)15/h11-12H,10,15H2,1-6H3. The summed E-state index contributed by atoms with van der Waals surface area (Å²) in [4.78, 5) is 0. The maximum Gasteiger partial charge on any atom is 0.118 e. The monoisotopic (exact) mass is 233 g/mol. The van der Waals surface area contributed by atoms with Crippen molar-refractivity contribution in [3.05, 3.63) is 0 Å². The molecule has 2 atom stereocenters. The molecule has 0 saturated heterocycles. The smallest absolute Gasteiger partial charge is 0.118 e. The van der Waals surface area contributed by atoms with Gasteiger partial charge < -0.3 is 4.74 Å². The van der Waals surface area contributed by atoms with E-state index in [1.807, 2.05) is 28.6 Å². The first-order valence-corrected chi connectivity index (χ1v) is 6.17. The summed E-state index contributed by atoms with van der Waals surface area (Å²) in [6.07, 6.45) is 2.73. The van der Waals surface area contributed by atoms with Crippen LogP contribution in [0.4, 0.5) is 0 Å². The number of nitrogens with zero attached hydrogens (tertiary/aromatic N) is 1. The van der Waals surface area contributed by atoms with Crippen LogP contribution in [0.1, 0.15) is 41.5 Å². The van der Waals surface area contributed by atoms with Crippen LogP contribution in [0.2, 0.25) is 5.31 Å². The summed E-state index contributed by atoms with van der Waals surface area (Å²) in [5, 5.41) is 9.12. The van der Waals surface area contributed by atoms with Gasteiger partial charge in [-0.15, -0.1) is 0 Å². The Balaban J connectivity index is 4.43. The molecule has 2 unspecified atom stereocenters. The van der Waals surface area contributed by atoms with E-state index in [-0.39, 0.29) is 5.31 Å². The highest BCUT2D eigenvalue weighted by Crippen LogP contribution is 2.41. The fourth-order valence-corrected chi connectivity index (χ4v) is 0.898. The average Bonchev–Trinajstić information content (AvgIpc) is 2.21. The third-order valence-electron chi connectivity index (χ3n) is 3.62. The van der Waals surface area contributed by atoms with Crippen LogP contribution in [0.25, 0.3) is 0 Å². The first-order valence-electron chi connectivity index (χ1n) is 6.17. The molecule has 0 fully saturated rings. The van der Waals surface area contributed by atoms with Gasteiger partial charge >= 0.3 is 0 Å². The van der Waals surface area contributed by atoms with Gasteiger partial charge in [-0.1, -0.05) is 40.5 Å².